The molecule has 2 heterocycles. The molecule has 0 aliphatic carbocycles. The van der Waals surface area contributed by atoms with E-state index in [0.717, 1.165) is 0 Å². The van der Waals surface area contributed by atoms with Gasteiger partial charge >= 0.3 is 0 Å². The summed E-state index contributed by atoms with van der Waals surface area (Å²) >= 11 is 0. The van der Waals surface area contributed by atoms with Crippen molar-refractivity contribution in [3.8, 4) is 0 Å². The van der Waals surface area contributed by atoms with Gasteiger partial charge < -0.3 is 15.2 Å². The van der Waals surface area contributed by atoms with E-state index in [-0.39, 0.29) is 10.7 Å². The number of nitrogens with zero attached hydrogens (tertiary/aromatic N) is 1. The lowest BCUT2D eigenvalue weighted by Gasteiger charge is -2.03. The molecule has 3 rings (SSSR count). The van der Waals surface area contributed by atoms with Gasteiger partial charge in [-0.3, -0.25) is 4.72 Å². The molecule has 0 saturated heterocycles. The molecule has 0 saturated carbocycles. The molecule has 1 aromatic carbocycles. The smallest absolute Gasteiger partial charge is 0.265 e. The number of aromatic amines is 1. The Labute approximate surface area is 108 Å². The van der Waals surface area contributed by atoms with Crippen LogP contribution in [0, 0.1) is 0 Å². The Hall–Kier alpha value is -2.48. The summed E-state index contributed by atoms with van der Waals surface area (Å²) in [5, 5.41) is 4.07. The van der Waals surface area contributed by atoms with Crippen LogP contribution in [0.2, 0.25) is 0 Å². The second-order valence-corrected chi connectivity index (χ2v) is 5.60. The monoisotopic (exact) mass is 278 g/mol. The quantitative estimate of drug-likeness (QED) is 0.629. The Morgan fingerprint density at radius 2 is 2.16 bits per heavy atom. The predicted molar refractivity (Wildman–Crippen MR) is 70.0 cm³/mol. The van der Waals surface area contributed by atoms with E-state index in [2.05, 4.69) is 19.4 Å². The van der Waals surface area contributed by atoms with Crippen molar-refractivity contribution < 1.29 is 12.9 Å². The molecule has 0 aliphatic heterocycles. The van der Waals surface area contributed by atoms with Crippen LogP contribution in [0.4, 0.5) is 11.5 Å². The number of hydrogen-bond donors (Lipinski definition) is 3. The molecule has 4 N–H and O–H groups in total. The molecule has 0 spiro atoms. The molecule has 0 amide bonds. The van der Waals surface area contributed by atoms with Crippen molar-refractivity contribution in [2.75, 3.05) is 10.5 Å². The van der Waals surface area contributed by atoms with E-state index in [1.807, 2.05) is 0 Å². The first kappa shape index (κ1) is 11.6. The maximum atomic E-state index is 12.2. The zero-order chi connectivity index (χ0) is 13.5. The number of sulfonamides is 1. The summed E-state index contributed by atoms with van der Waals surface area (Å²) in [4.78, 5) is 3.00. The van der Waals surface area contributed by atoms with Gasteiger partial charge in [0.1, 0.15) is 11.2 Å². The molecule has 0 unspecified atom stereocenters. The molecule has 8 heteroatoms. The zero-order valence-corrected chi connectivity index (χ0v) is 10.4. The van der Waals surface area contributed by atoms with E-state index >= 15 is 0 Å². The molecule has 0 bridgehead atoms. The first-order valence-electron chi connectivity index (χ1n) is 5.36. The van der Waals surface area contributed by atoms with Crippen molar-refractivity contribution >= 4 is 32.4 Å². The van der Waals surface area contributed by atoms with Crippen molar-refractivity contribution in [2.24, 2.45) is 0 Å². The van der Waals surface area contributed by atoms with Gasteiger partial charge in [0.25, 0.3) is 10.0 Å². The second-order valence-electron chi connectivity index (χ2n) is 3.95. The van der Waals surface area contributed by atoms with Crippen LogP contribution in [0.25, 0.3) is 10.9 Å². The largest absolute Gasteiger partial charge is 0.399 e. The lowest BCUT2D eigenvalue weighted by molar-refractivity contribution is 0.423. The van der Waals surface area contributed by atoms with Crippen LogP contribution in [0.15, 0.2) is 46.1 Å². The van der Waals surface area contributed by atoms with Gasteiger partial charge in [-0.15, -0.1) is 0 Å². The van der Waals surface area contributed by atoms with Crippen LogP contribution in [-0.4, -0.2) is 18.6 Å². The molecule has 0 radical (unpaired) electrons. The summed E-state index contributed by atoms with van der Waals surface area (Å²) in [6.45, 7) is 0. The standard InChI is InChI=1S/C11H10N4O3S/c12-7-1-2-8-9(5-7)13-6-10(8)19(16,17)15-11-3-4-18-14-11/h1-6,13H,12H2,(H,14,15). The highest BCUT2D eigenvalue weighted by atomic mass is 32.2. The van der Waals surface area contributed by atoms with Crippen LogP contribution in [-0.2, 0) is 10.0 Å². The van der Waals surface area contributed by atoms with Crippen LogP contribution in [0.5, 0.6) is 0 Å². The van der Waals surface area contributed by atoms with E-state index in [1.165, 1.54) is 18.5 Å². The number of H-pyrrole nitrogens is 1. The average Bonchev–Trinajstić information content (AvgIpc) is 2.96. The zero-order valence-electron chi connectivity index (χ0n) is 9.62. The molecule has 98 valence electrons. The van der Waals surface area contributed by atoms with E-state index in [9.17, 15) is 8.42 Å². The van der Waals surface area contributed by atoms with E-state index in [1.54, 1.807) is 18.2 Å². The number of fused-ring (bicyclic) bond motifs is 1. The molecule has 0 aliphatic rings. The number of nitrogens with two attached hydrogens (primary N) is 1. The van der Waals surface area contributed by atoms with E-state index in [4.69, 9.17) is 5.73 Å². The fourth-order valence-corrected chi connectivity index (χ4v) is 2.97. The van der Waals surface area contributed by atoms with E-state index in [0.29, 0.717) is 16.6 Å². The van der Waals surface area contributed by atoms with E-state index < -0.39 is 10.0 Å². The predicted octanol–water partition coefficient (Wildman–Crippen LogP) is 1.54. The number of hydrogen-bond acceptors (Lipinski definition) is 5. The molecule has 0 fully saturated rings. The lowest BCUT2D eigenvalue weighted by Crippen LogP contribution is -2.12. The first-order valence-corrected chi connectivity index (χ1v) is 6.84. The summed E-state index contributed by atoms with van der Waals surface area (Å²) in [6.07, 6.45) is 2.69. The Bertz CT molecular complexity index is 821. The molecule has 2 aromatic heterocycles. The Morgan fingerprint density at radius 3 is 2.89 bits per heavy atom. The molecule has 19 heavy (non-hydrogen) atoms. The highest BCUT2D eigenvalue weighted by molar-refractivity contribution is 7.93. The van der Waals surface area contributed by atoms with Gasteiger partial charge in [0.15, 0.2) is 5.82 Å². The van der Waals surface area contributed by atoms with Crippen molar-refractivity contribution in [2.45, 2.75) is 4.90 Å². The first-order chi connectivity index (χ1) is 9.06. The summed E-state index contributed by atoms with van der Waals surface area (Å²) < 4.78 is 31.3. The fourth-order valence-electron chi connectivity index (χ4n) is 1.80. The normalized spacial score (nSPS) is 11.8. The Morgan fingerprint density at radius 1 is 1.32 bits per heavy atom. The average molecular weight is 278 g/mol. The maximum Gasteiger partial charge on any atom is 0.265 e. The maximum absolute atomic E-state index is 12.2. The Balaban J connectivity index is 2.08. The fraction of sp³-hybridized carbons (Fsp3) is 0. The van der Waals surface area contributed by atoms with Gasteiger partial charge in [0.2, 0.25) is 0 Å². The van der Waals surface area contributed by atoms with Crippen LogP contribution in [0.3, 0.4) is 0 Å². The van der Waals surface area contributed by atoms with Crippen molar-refractivity contribution in [3.63, 3.8) is 0 Å². The topological polar surface area (TPSA) is 114 Å². The number of nitrogens with one attached hydrogen (secondary N) is 2. The number of anilines is 2. The summed E-state index contributed by atoms with van der Waals surface area (Å²) in [5.41, 5.74) is 6.86. The van der Waals surface area contributed by atoms with Crippen molar-refractivity contribution in [1.82, 2.24) is 10.1 Å². The van der Waals surface area contributed by atoms with Gasteiger partial charge in [-0.2, -0.15) is 0 Å². The number of benzene rings is 1. The van der Waals surface area contributed by atoms with Gasteiger partial charge in [0.05, 0.1) is 0 Å². The third-order valence-electron chi connectivity index (χ3n) is 2.63. The second kappa shape index (κ2) is 4.02. The molecular formula is C11H10N4O3S. The van der Waals surface area contributed by atoms with Crippen LogP contribution in [0.1, 0.15) is 0 Å². The molecule has 3 aromatic rings. The number of nitrogen functional groups attached to an aromatic ring is 1. The van der Waals surface area contributed by atoms with Crippen molar-refractivity contribution in [1.29, 1.82) is 0 Å². The Kier molecular flexibility index (Phi) is 2.46. The van der Waals surface area contributed by atoms with Gasteiger partial charge in [-0.1, -0.05) is 5.16 Å². The lowest BCUT2D eigenvalue weighted by atomic mass is 10.2. The highest BCUT2D eigenvalue weighted by Crippen LogP contribution is 2.25. The minimum Gasteiger partial charge on any atom is -0.399 e. The van der Waals surface area contributed by atoms with Crippen molar-refractivity contribution in [3.05, 3.63) is 36.7 Å². The molecular weight excluding hydrogens is 268 g/mol. The molecule has 7 nitrogen and oxygen atoms in total. The minimum atomic E-state index is -3.72. The van der Waals surface area contributed by atoms with Gasteiger partial charge in [-0.25, -0.2) is 8.42 Å². The highest BCUT2D eigenvalue weighted by Gasteiger charge is 2.20. The number of rotatable bonds is 3. The molecule has 0 atom stereocenters. The summed E-state index contributed by atoms with van der Waals surface area (Å²) in [6, 6.07) is 6.39. The van der Waals surface area contributed by atoms with Crippen LogP contribution >= 0.6 is 0 Å². The SMILES string of the molecule is Nc1ccc2c(S(=O)(=O)Nc3ccon3)c[nH]c2c1. The summed E-state index contributed by atoms with van der Waals surface area (Å²) in [5.74, 6) is 0.129. The third-order valence-corrected chi connectivity index (χ3v) is 4.03. The third kappa shape index (κ3) is 2.02. The van der Waals surface area contributed by atoms with Crippen LogP contribution < -0.4 is 10.5 Å². The number of aromatic nitrogens is 2. The van der Waals surface area contributed by atoms with Gasteiger partial charge in [0, 0.05) is 28.9 Å². The van der Waals surface area contributed by atoms with Gasteiger partial charge in [-0.05, 0) is 18.2 Å². The minimum absolute atomic E-state index is 0.129. The summed E-state index contributed by atoms with van der Waals surface area (Å²) in [7, 11) is -3.72.